The van der Waals surface area contributed by atoms with Gasteiger partial charge in [-0.05, 0) is 42.0 Å². The van der Waals surface area contributed by atoms with Crippen molar-refractivity contribution >= 4 is 5.97 Å². The zero-order chi connectivity index (χ0) is 20.1. The molecule has 1 saturated heterocycles. The molecule has 28 heavy (non-hydrogen) atoms. The SMILES string of the molecule is COC(=O)c1ccc(C#Cc2cccc([C@H]3OC(CO)CC(O)C3O)c2)cc1. The summed E-state index contributed by atoms with van der Waals surface area (Å²) >= 11 is 0. The number of hydrogen-bond acceptors (Lipinski definition) is 6. The number of carbonyl (C=O) groups excluding carboxylic acids is 1. The van der Waals surface area contributed by atoms with E-state index in [4.69, 9.17) is 4.74 Å². The van der Waals surface area contributed by atoms with Crippen molar-refractivity contribution in [3.63, 3.8) is 0 Å². The summed E-state index contributed by atoms with van der Waals surface area (Å²) in [5.41, 5.74) is 2.58. The third-order valence-electron chi connectivity index (χ3n) is 4.62. The average Bonchev–Trinajstić information content (AvgIpc) is 2.74. The van der Waals surface area contributed by atoms with Gasteiger partial charge in [0.25, 0.3) is 0 Å². The quantitative estimate of drug-likeness (QED) is 0.549. The Morgan fingerprint density at radius 3 is 2.54 bits per heavy atom. The minimum atomic E-state index is -1.07. The molecule has 2 aromatic carbocycles. The minimum absolute atomic E-state index is 0.190. The predicted octanol–water partition coefficient (Wildman–Crippen LogP) is 1.42. The van der Waals surface area contributed by atoms with Crippen LogP contribution in [-0.2, 0) is 9.47 Å². The Morgan fingerprint density at radius 1 is 1.14 bits per heavy atom. The summed E-state index contributed by atoms with van der Waals surface area (Å²) in [5, 5.41) is 29.6. The van der Waals surface area contributed by atoms with Crippen LogP contribution in [0.25, 0.3) is 0 Å². The van der Waals surface area contributed by atoms with E-state index >= 15 is 0 Å². The van der Waals surface area contributed by atoms with Gasteiger partial charge >= 0.3 is 5.97 Å². The fourth-order valence-electron chi connectivity index (χ4n) is 3.09. The standard InChI is InChI=1S/C22H22O6/c1-27-22(26)16-9-7-14(8-10-16)5-6-15-3-2-4-17(11-15)21-20(25)19(24)12-18(13-23)28-21/h2-4,7-11,18-21,23-25H,12-13H2,1H3/t18?,19?,20?,21-/m1/s1. The van der Waals surface area contributed by atoms with Crippen LogP contribution in [0.1, 0.15) is 39.6 Å². The van der Waals surface area contributed by atoms with Crippen LogP contribution >= 0.6 is 0 Å². The molecule has 0 aromatic heterocycles. The van der Waals surface area contributed by atoms with E-state index in [2.05, 4.69) is 16.6 Å². The summed E-state index contributed by atoms with van der Waals surface area (Å²) < 4.78 is 10.4. The first-order chi connectivity index (χ1) is 13.5. The van der Waals surface area contributed by atoms with Crippen LogP contribution in [0, 0.1) is 11.8 Å². The fraction of sp³-hybridized carbons (Fsp3) is 0.318. The van der Waals surface area contributed by atoms with E-state index in [9.17, 15) is 20.1 Å². The smallest absolute Gasteiger partial charge is 0.337 e. The van der Waals surface area contributed by atoms with Crippen LogP contribution in [0.4, 0.5) is 0 Å². The summed E-state index contributed by atoms with van der Waals surface area (Å²) in [6, 6.07) is 14.0. The Bertz CT molecular complexity index is 880. The van der Waals surface area contributed by atoms with Crippen molar-refractivity contribution in [2.75, 3.05) is 13.7 Å². The molecule has 3 unspecified atom stereocenters. The lowest BCUT2D eigenvalue weighted by molar-refractivity contribution is -0.179. The normalized spacial score (nSPS) is 24.1. The molecular weight excluding hydrogens is 360 g/mol. The number of methoxy groups -OCH3 is 1. The maximum Gasteiger partial charge on any atom is 0.337 e. The molecule has 146 valence electrons. The number of aliphatic hydroxyl groups is 3. The first kappa shape index (κ1) is 20.1. The lowest BCUT2D eigenvalue weighted by atomic mass is 9.92. The molecule has 2 aromatic rings. The van der Waals surface area contributed by atoms with Gasteiger partial charge < -0.3 is 24.8 Å². The van der Waals surface area contributed by atoms with Gasteiger partial charge in [0, 0.05) is 17.5 Å². The summed E-state index contributed by atoms with van der Waals surface area (Å²) in [6.45, 7) is -0.221. The molecule has 0 amide bonds. The monoisotopic (exact) mass is 382 g/mol. The molecule has 1 heterocycles. The van der Waals surface area contributed by atoms with E-state index in [1.807, 2.05) is 6.07 Å². The van der Waals surface area contributed by atoms with Crippen molar-refractivity contribution in [3.05, 3.63) is 70.8 Å². The van der Waals surface area contributed by atoms with Crippen LogP contribution in [0.3, 0.4) is 0 Å². The first-order valence-corrected chi connectivity index (χ1v) is 8.94. The minimum Gasteiger partial charge on any atom is -0.465 e. The van der Waals surface area contributed by atoms with Crippen molar-refractivity contribution in [2.24, 2.45) is 0 Å². The Morgan fingerprint density at radius 2 is 1.86 bits per heavy atom. The summed E-state index contributed by atoms with van der Waals surface area (Å²) in [6.07, 6.45) is -3.10. The van der Waals surface area contributed by atoms with E-state index in [0.29, 0.717) is 16.7 Å². The van der Waals surface area contributed by atoms with E-state index in [1.54, 1.807) is 42.5 Å². The fourth-order valence-corrected chi connectivity index (χ4v) is 3.09. The molecule has 1 aliphatic rings. The van der Waals surface area contributed by atoms with E-state index in [-0.39, 0.29) is 13.0 Å². The number of esters is 1. The summed E-state index contributed by atoms with van der Waals surface area (Å²) in [7, 11) is 1.33. The Balaban J connectivity index is 1.79. The van der Waals surface area contributed by atoms with E-state index in [0.717, 1.165) is 5.56 Å². The predicted molar refractivity (Wildman–Crippen MR) is 102 cm³/mol. The van der Waals surface area contributed by atoms with Crippen molar-refractivity contribution in [2.45, 2.75) is 30.8 Å². The molecule has 0 saturated carbocycles. The molecule has 1 fully saturated rings. The number of carbonyl (C=O) groups is 1. The molecular formula is C22H22O6. The zero-order valence-electron chi connectivity index (χ0n) is 15.4. The van der Waals surface area contributed by atoms with Gasteiger partial charge in [-0.3, -0.25) is 0 Å². The lowest BCUT2D eigenvalue weighted by Gasteiger charge is -2.36. The molecule has 3 rings (SSSR count). The molecule has 3 N–H and O–H groups in total. The Labute approximate surface area is 163 Å². The Kier molecular flexibility index (Phi) is 6.45. The molecule has 0 aliphatic carbocycles. The highest BCUT2D eigenvalue weighted by molar-refractivity contribution is 5.89. The Hall–Kier alpha value is -2.69. The van der Waals surface area contributed by atoms with Crippen molar-refractivity contribution in [1.82, 2.24) is 0 Å². The van der Waals surface area contributed by atoms with E-state index < -0.39 is 30.4 Å². The third kappa shape index (κ3) is 4.58. The van der Waals surface area contributed by atoms with Crippen molar-refractivity contribution in [3.8, 4) is 11.8 Å². The maximum absolute atomic E-state index is 11.5. The van der Waals surface area contributed by atoms with Gasteiger partial charge in [0.2, 0.25) is 0 Å². The highest BCUT2D eigenvalue weighted by atomic mass is 16.5. The number of hydrogen-bond donors (Lipinski definition) is 3. The van der Waals surface area contributed by atoms with Gasteiger partial charge in [-0.1, -0.05) is 24.0 Å². The van der Waals surface area contributed by atoms with Gasteiger partial charge in [0.05, 0.1) is 31.5 Å². The molecule has 0 spiro atoms. The molecule has 6 nitrogen and oxygen atoms in total. The topological polar surface area (TPSA) is 96.2 Å². The molecule has 1 aliphatic heterocycles. The van der Waals surface area contributed by atoms with Gasteiger partial charge in [-0.25, -0.2) is 4.79 Å². The molecule has 0 bridgehead atoms. The maximum atomic E-state index is 11.5. The summed E-state index contributed by atoms with van der Waals surface area (Å²) in [5.74, 6) is 5.66. The molecule has 6 heteroatoms. The van der Waals surface area contributed by atoms with Gasteiger partial charge in [0.1, 0.15) is 12.2 Å². The van der Waals surface area contributed by atoms with E-state index in [1.165, 1.54) is 7.11 Å². The highest BCUT2D eigenvalue weighted by Gasteiger charge is 2.37. The summed E-state index contributed by atoms with van der Waals surface area (Å²) in [4.78, 5) is 11.5. The van der Waals surface area contributed by atoms with Crippen LogP contribution in [0.5, 0.6) is 0 Å². The van der Waals surface area contributed by atoms with Crippen LogP contribution < -0.4 is 0 Å². The van der Waals surface area contributed by atoms with Crippen LogP contribution in [0.2, 0.25) is 0 Å². The second-order valence-corrected chi connectivity index (χ2v) is 6.60. The van der Waals surface area contributed by atoms with Crippen molar-refractivity contribution < 1.29 is 29.6 Å². The largest absolute Gasteiger partial charge is 0.465 e. The zero-order valence-corrected chi connectivity index (χ0v) is 15.4. The second kappa shape index (κ2) is 9.00. The van der Waals surface area contributed by atoms with Crippen LogP contribution in [0.15, 0.2) is 48.5 Å². The molecule has 4 atom stereocenters. The van der Waals surface area contributed by atoms with Crippen LogP contribution in [-0.4, -0.2) is 53.3 Å². The van der Waals surface area contributed by atoms with Gasteiger partial charge in [-0.15, -0.1) is 0 Å². The average molecular weight is 382 g/mol. The number of aliphatic hydroxyl groups excluding tert-OH is 3. The number of benzene rings is 2. The number of ether oxygens (including phenoxy) is 2. The second-order valence-electron chi connectivity index (χ2n) is 6.60. The first-order valence-electron chi connectivity index (χ1n) is 8.94. The highest BCUT2D eigenvalue weighted by Crippen LogP contribution is 2.32. The van der Waals surface area contributed by atoms with Crippen molar-refractivity contribution in [1.29, 1.82) is 0 Å². The number of rotatable bonds is 3. The van der Waals surface area contributed by atoms with Gasteiger partial charge in [0.15, 0.2) is 0 Å². The lowest BCUT2D eigenvalue weighted by Crippen LogP contribution is -2.44. The third-order valence-corrected chi connectivity index (χ3v) is 4.62. The van der Waals surface area contributed by atoms with Gasteiger partial charge in [-0.2, -0.15) is 0 Å². The molecule has 0 radical (unpaired) electrons.